The number of allylic oxidation sites excluding steroid dienone is 1. The van der Waals surface area contributed by atoms with Gasteiger partial charge in [0.05, 0.1) is 19.8 Å². The molecule has 0 aromatic heterocycles. The number of nitriles is 1. The highest BCUT2D eigenvalue weighted by atomic mass is 16.5. The third-order valence-corrected chi connectivity index (χ3v) is 2.10. The second kappa shape index (κ2) is 6.56. The minimum absolute atomic E-state index is 0.0433. The Morgan fingerprint density at radius 1 is 1.47 bits per heavy atom. The van der Waals surface area contributed by atoms with Crippen LogP contribution in [0.4, 0.5) is 0 Å². The number of nitrogens with zero attached hydrogens (tertiary/aromatic N) is 1. The lowest BCUT2D eigenvalue weighted by molar-refractivity contribution is 0.196. The molecule has 4 heteroatoms. The maximum absolute atomic E-state index is 8.69. The Morgan fingerprint density at radius 2 is 2.24 bits per heavy atom. The molecule has 0 aliphatic rings. The Kier molecular flexibility index (Phi) is 5.05. The molecule has 0 amide bonds. The summed E-state index contributed by atoms with van der Waals surface area (Å²) in [5.41, 5.74) is 1.49. The van der Waals surface area contributed by atoms with Crippen LogP contribution in [0.5, 0.6) is 11.5 Å². The lowest BCUT2D eigenvalue weighted by atomic mass is 10.1. The molecule has 0 bridgehead atoms. The summed E-state index contributed by atoms with van der Waals surface area (Å²) >= 11 is 0. The van der Waals surface area contributed by atoms with E-state index in [0.29, 0.717) is 17.1 Å². The van der Waals surface area contributed by atoms with Crippen molar-refractivity contribution in [1.29, 1.82) is 5.26 Å². The van der Waals surface area contributed by atoms with Gasteiger partial charge in [-0.2, -0.15) is 5.26 Å². The first-order valence-electron chi connectivity index (χ1n) is 5.21. The van der Waals surface area contributed by atoms with Crippen LogP contribution in [0.25, 0.3) is 6.08 Å². The van der Waals surface area contributed by atoms with Crippen LogP contribution in [-0.2, 0) is 0 Å². The molecule has 1 aromatic carbocycles. The zero-order chi connectivity index (χ0) is 12.7. The number of aliphatic hydroxyl groups excluding tert-OH is 1. The number of methoxy groups -OCH3 is 1. The van der Waals surface area contributed by atoms with Crippen LogP contribution in [0.15, 0.2) is 23.8 Å². The zero-order valence-corrected chi connectivity index (χ0v) is 9.93. The lowest BCUT2D eigenvalue weighted by Gasteiger charge is -2.10. The van der Waals surface area contributed by atoms with Crippen LogP contribution in [0.2, 0.25) is 0 Å². The smallest absolute Gasteiger partial charge is 0.161 e. The number of benzene rings is 1. The Bertz CT molecular complexity index is 446. The maximum atomic E-state index is 8.69. The molecule has 4 nitrogen and oxygen atoms in total. The molecule has 0 aliphatic carbocycles. The summed E-state index contributed by atoms with van der Waals surface area (Å²) < 4.78 is 10.5. The van der Waals surface area contributed by atoms with E-state index in [1.165, 1.54) is 0 Å². The van der Waals surface area contributed by atoms with Gasteiger partial charge in [0.1, 0.15) is 6.61 Å². The van der Waals surface area contributed by atoms with E-state index in [0.717, 1.165) is 5.56 Å². The van der Waals surface area contributed by atoms with Gasteiger partial charge in [-0.25, -0.2) is 0 Å². The van der Waals surface area contributed by atoms with Crippen LogP contribution in [-0.4, -0.2) is 25.4 Å². The van der Waals surface area contributed by atoms with E-state index in [1.54, 1.807) is 32.2 Å². The first-order valence-corrected chi connectivity index (χ1v) is 5.21. The standard InChI is InChI=1S/C13H15NO3/c1-10(9-14)7-11-3-4-12(17-6-5-15)13(8-11)16-2/h3-4,7-8,15H,5-6H2,1-2H3/b10-7-. The molecule has 0 unspecified atom stereocenters. The van der Waals surface area contributed by atoms with Crippen molar-refractivity contribution in [3.8, 4) is 17.6 Å². The van der Waals surface area contributed by atoms with Crippen LogP contribution < -0.4 is 9.47 Å². The molecule has 0 atom stereocenters. The summed E-state index contributed by atoms with van der Waals surface area (Å²) in [5.74, 6) is 1.16. The fourth-order valence-electron chi connectivity index (χ4n) is 1.33. The van der Waals surface area contributed by atoms with Crippen molar-refractivity contribution in [3.05, 3.63) is 29.3 Å². The second-order valence-corrected chi connectivity index (χ2v) is 3.42. The molecule has 0 aliphatic heterocycles. The van der Waals surface area contributed by atoms with E-state index < -0.39 is 0 Å². The SMILES string of the molecule is COc1cc(/C=C(/C)C#N)ccc1OCCO. The Morgan fingerprint density at radius 3 is 2.82 bits per heavy atom. The highest BCUT2D eigenvalue weighted by molar-refractivity contribution is 5.60. The quantitative estimate of drug-likeness (QED) is 0.790. The van der Waals surface area contributed by atoms with E-state index in [2.05, 4.69) is 6.07 Å². The molecular formula is C13H15NO3. The number of ether oxygens (including phenoxy) is 2. The number of hydrogen-bond donors (Lipinski definition) is 1. The average molecular weight is 233 g/mol. The van der Waals surface area contributed by atoms with Crippen molar-refractivity contribution in [1.82, 2.24) is 0 Å². The Labute approximate surface area is 101 Å². The number of aliphatic hydroxyl groups is 1. The fraction of sp³-hybridized carbons (Fsp3) is 0.308. The molecule has 1 rings (SSSR count). The van der Waals surface area contributed by atoms with Gasteiger partial charge in [-0.3, -0.25) is 0 Å². The molecule has 0 radical (unpaired) electrons. The van der Waals surface area contributed by atoms with E-state index >= 15 is 0 Å². The fourth-order valence-corrected chi connectivity index (χ4v) is 1.33. The van der Waals surface area contributed by atoms with E-state index in [4.69, 9.17) is 19.8 Å². The highest BCUT2D eigenvalue weighted by Gasteiger charge is 2.04. The summed E-state index contributed by atoms with van der Waals surface area (Å²) in [6.45, 7) is 1.92. The Balaban J connectivity index is 2.97. The largest absolute Gasteiger partial charge is 0.493 e. The van der Waals surface area contributed by atoms with Crippen molar-refractivity contribution in [2.24, 2.45) is 0 Å². The second-order valence-electron chi connectivity index (χ2n) is 3.42. The van der Waals surface area contributed by atoms with Gasteiger partial charge in [-0.05, 0) is 30.7 Å². The van der Waals surface area contributed by atoms with Crippen LogP contribution in [0.3, 0.4) is 0 Å². The van der Waals surface area contributed by atoms with E-state index in [9.17, 15) is 0 Å². The molecule has 1 N–H and O–H groups in total. The van der Waals surface area contributed by atoms with Crippen molar-refractivity contribution >= 4 is 6.08 Å². The summed E-state index contributed by atoms with van der Waals surface area (Å²) in [7, 11) is 1.55. The molecule has 1 aromatic rings. The molecule has 0 fully saturated rings. The van der Waals surface area contributed by atoms with Gasteiger partial charge in [-0.15, -0.1) is 0 Å². The van der Waals surface area contributed by atoms with Crippen LogP contribution in [0, 0.1) is 11.3 Å². The van der Waals surface area contributed by atoms with Gasteiger partial charge >= 0.3 is 0 Å². The van der Waals surface area contributed by atoms with Crippen molar-refractivity contribution in [3.63, 3.8) is 0 Å². The van der Waals surface area contributed by atoms with Crippen molar-refractivity contribution < 1.29 is 14.6 Å². The monoisotopic (exact) mass is 233 g/mol. The van der Waals surface area contributed by atoms with E-state index in [-0.39, 0.29) is 13.2 Å². The highest BCUT2D eigenvalue weighted by Crippen LogP contribution is 2.28. The minimum atomic E-state index is -0.0433. The van der Waals surface area contributed by atoms with Crippen LogP contribution in [0.1, 0.15) is 12.5 Å². The molecule has 0 saturated heterocycles. The lowest BCUT2D eigenvalue weighted by Crippen LogP contribution is -2.03. The third-order valence-electron chi connectivity index (χ3n) is 2.10. The van der Waals surface area contributed by atoms with Gasteiger partial charge < -0.3 is 14.6 Å². The maximum Gasteiger partial charge on any atom is 0.161 e. The van der Waals surface area contributed by atoms with E-state index in [1.807, 2.05) is 6.07 Å². The number of hydrogen-bond acceptors (Lipinski definition) is 4. The first-order chi connectivity index (χ1) is 8.21. The molecule has 0 heterocycles. The first kappa shape index (κ1) is 13.1. The van der Waals surface area contributed by atoms with Gasteiger partial charge in [0.2, 0.25) is 0 Å². The molecule has 0 spiro atoms. The summed E-state index contributed by atoms with van der Waals surface area (Å²) in [6.07, 6.45) is 1.76. The summed E-state index contributed by atoms with van der Waals surface area (Å²) in [4.78, 5) is 0. The summed E-state index contributed by atoms with van der Waals surface area (Å²) in [6, 6.07) is 7.43. The van der Waals surface area contributed by atoms with Crippen molar-refractivity contribution in [2.45, 2.75) is 6.92 Å². The predicted octanol–water partition coefficient (Wildman–Crippen LogP) is 1.99. The van der Waals surface area contributed by atoms with Crippen molar-refractivity contribution in [2.75, 3.05) is 20.3 Å². The molecule has 90 valence electrons. The Hall–Kier alpha value is -1.99. The van der Waals surface area contributed by atoms with Gasteiger partial charge in [0.25, 0.3) is 0 Å². The average Bonchev–Trinajstić information content (AvgIpc) is 2.36. The third kappa shape index (κ3) is 3.82. The van der Waals surface area contributed by atoms with Crippen LogP contribution >= 0.6 is 0 Å². The summed E-state index contributed by atoms with van der Waals surface area (Å²) in [5, 5.41) is 17.4. The van der Waals surface area contributed by atoms with Gasteiger partial charge in [0, 0.05) is 5.57 Å². The van der Waals surface area contributed by atoms with Gasteiger partial charge in [-0.1, -0.05) is 6.07 Å². The predicted molar refractivity (Wildman–Crippen MR) is 64.8 cm³/mol. The molecule has 0 saturated carbocycles. The van der Waals surface area contributed by atoms with Gasteiger partial charge in [0.15, 0.2) is 11.5 Å². The topological polar surface area (TPSA) is 62.5 Å². The normalized spacial score (nSPS) is 10.8. The molecular weight excluding hydrogens is 218 g/mol. The zero-order valence-electron chi connectivity index (χ0n) is 9.93. The molecule has 17 heavy (non-hydrogen) atoms. The number of rotatable bonds is 5. The minimum Gasteiger partial charge on any atom is -0.493 e.